The van der Waals surface area contributed by atoms with Gasteiger partial charge in [0.15, 0.2) is 0 Å². The lowest BCUT2D eigenvalue weighted by Crippen LogP contribution is -2.39. The highest BCUT2D eigenvalue weighted by atomic mass is 35.5. The summed E-state index contributed by atoms with van der Waals surface area (Å²) in [6.07, 6.45) is 1.58. The summed E-state index contributed by atoms with van der Waals surface area (Å²) in [7, 11) is 3.12. The van der Waals surface area contributed by atoms with Crippen LogP contribution < -0.4 is 16.6 Å². The van der Waals surface area contributed by atoms with Crippen molar-refractivity contribution in [1.82, 2.24) is 14.5 Å². The Kier molecular flexibility index (Phi) is 4.47. The standard InChI is InChI=1S/C13H16ClN3O2S/c1-8(10-4-5-11(14)20-10)15-6-9-7-16(2)13(19)17(3)12(9)18/h4-5,7-8,15H,6H2,1-3H3. The Bertz CT molecular complexity index is 732. The van der Waals surface area contributed by atoms with E-state index in [2.05, 4.69) is 5.32 Å². The molecule has 0 spiro atoms. The zero-order valence-corrected chi connectivity index (χ0v) is 13.1. The smallest absolute Gasteiger partial charge is 0.305 e. The molecule has 108 valence electrons. The summed E-state index contributed by atoms with van der Waals surface area (Å²) in [5.74, 6) is 0. The molecule has 0 amide bonds. The van der Waals surface area contributed by atoms with Crippen molar-refractivity contribution in [3.63, 3.8) is 0 Å². The molecule has 2 aromatic rings. The molecule has 0 saturated heterocycles. The van der Waals surface area contributed by atoms with Gasteiger partial charge in [-0.25, -0.2) is 4.79 Å². The van der Waals surface area contributed by atoms with E-state index < -0.39 is 0 Å². The number of hydrogen-bond donors (Lipinski definition) is 1. The van der Waals surface area contributed by atoms with Gasteiger partial charge in [-0.05, 0) is 19.1 Å². The van der Waals surface area contributed by atoms with Crippen LogP contribution in [0.4, 0.5) is 0 Å². The average Bonchev–Trinajstić information content (AvgIpc) is 2.85. The van der Waals surface area contributed by atoms with Crippen LogP contribution in [0, 0.1) is 0 Å². The second-order valence-corrected chi connectivity index (χ2v) is 6.40. The Hall–Kier alpha value is -1.37. The van der Waals surface area contributed by atoms with Gasteiger partial charge in [0.25, 0.3) is 5.56 Å². The second kappa shape index (κ2) is 5.95. The maximum atomic E-state index is 12.0. The number of aromatic nitrogens is 2. The molecule has 20 heavy (non-hydrogen) atoms. The molecule has 0 fully saturated rings. The van der Waals surface area contributed by atoms with Gasteiger partial charge in [-0.15, -0.1) is 11.3 Å². The van der Waals surface area contributed by atoms with Gasteiger partial charge in [0.05, 0.1) is 4.34 Å². The van der Waals surface area contributed by atoms with Gasteiger partial charge in [0.2, 0.25) is 0 Å². The highest BCUT2D eigenvalue weighted by Gasteiger charge is 2.11. The number of nitrogens with one attached hydrogen (secondary N) is 1. The Balaban J connectivity index is 2.16. The lowest BCUT2D eigenvalue weighted by atomic mass is 10.2. The summed E-state index contributed by atoms with van der Waals surface area (Å²) in [4.78, 5) is 24.7. The maximum Gasteiger partial charge on any atom is 0.330 e. The largest absolute Gasteiger partial charge is 0.330 e. The Labute approximate surface area is 125 Å². The molecule has 0 aromatic carbocycles. The Morgan fingerprint density at radius 3 is 2.65 bits per heavy atom. The van der Waals surface area contributed by atoms with Gasteiger partial charge in [-0.3, -0.25) is 9.36 Å². The first-order chi connectivity index (χ1) is 9.40. The molecular formula is C13H16ClN3O2S. The fourth-order valence-corrected chi connectivity index (χ4v) is 3.02. The predicted octanol–water partition coefficient (Wildman–Crippen LogP) is 1.65. The van der Waals surface area contributed by atoms with Crippen LogP contribution >= 0.6 is 22.9 Å². The zero-order valence-electron chi connectivity index (χ0n) is 11.5. The third kappa shape index (κ3) is 3.03. The first-order valence-corrected chi connectivity index (χ1v) is 7.33. The fraction of sp³-hybridized carbons (Fsp3) is 0.385. The maximum absolute atomic E-state index is 12.0. The molecule has 0 saturated carbocycles. The number of aryl methyl sites for hydroxylation is 1. The van der Waals surface area contributed by atoms with Gasteiger partial charge < -0.3 is 9.88 Å². The number of thiophene rings is 1. The van der Waals surface area contributed by atoms with E-state index in [9.17, 15) is 9.59 Å². The molecule has 1 atom stereocenters. The van der Waals surface area contributed by atoms with E-state index >= 15 is 0 Å². The molecule has 1 N–H and O–H groups in total. The van der Waals surface area contributed by atoms with Crippen molar-refractivity contribution in [1.29, 1.82) is 0 Å². The van der Waals surface area contributed by atoms with Crippen LogP contribution in [0.3, 0.4) is 0 Å². The van der Waals surface area contributed by atoms with Gasteiger partial charge in [-0.1, -0.05) is 11.6 Å². The van der Waals surface area contributed by atoms with Crippen molar-refractivity contribution in [2.45, 2.75) is 19.5 Å². The Morgan fingerprint density at radius 2 is 2.05 bits per heavy atom. The molecule has 2 aromatic heterocycles. The van der Waals surface area contributed by atoms with E-state index in [0.717, 1.165) is 13.8 Å². The molecule has 0 radical (unpaired) electrons. The van der Waals surface area contributed by atoms with Crippen LogP contribution in [0.25, 0.3) is 0 Å². The minimum absolute atomic E-state index is 0.0921. The summed E-state index contributed by atoms with van der Waals surface area (Å²) in [5, 5.41) is 3.27. The lowest BCUT2D eigenvalue weighted by molar-refractivity contribution is 0.565. The molecule has 0 aliphatic carbocycles. The monoisotopic (exact) mass is 313 g/mol. The number of hydrogen-bond acceptors (Lipinski definition) is 4. The minimum atomic E-state index is -0.322. The van der Waals surface area contributed by atoms with Crippen molar-refractivity contribution >= 4 is 22.9 Å². The minimum Gasteiger partial charge on any atom is -0.305 e. The van der Waals surface area contributed by atoms with Gasteiger partial charge in [0.1, 0.15) is 0 Å². The van der Waals surface area contributed by atoms with Crippen molar-refractivity contribution in [2.24, 2.45) is 14.1 Å². The third-order valence-corrected chi connectivity index (χ3v) is 4.55. The molecule has 7 heteroatoms. The molecule has 0 aliphatic rings. The van der Waals surface area contributed by atoms with Crippen LogP contribution in [0.15, 0.2) is 27.9 Å². The molecule has 5 nitrogen and oxygen atoms in total. The highest BCUT2D eigenvalue weighted by Crippen LogP contribution is 2.26. The molecule has 2 rings (SSSR count). The molecular weight excluding hydrogens is 298 g/mol. The normalized spacial score (nSPS) is 12.6. The van der Waals surface area contributed by atoms with Crippen LogP contribution in [-0.4, -0.2) is 9.13 Å². The predicted molar refractivity (Wildman–Crippen MR) is 81.5 cm³/mol. The highest BCUT2D eigenvalue weighted by molar-refractivity contribution is 7.16. The van der Waals surface area contributed by atoms with Crippen molar-refractivity contribution in [2.75, 3.05) is 0 Å². The number of nitrogens with zero attached hydrogens (tertiary/aromatic N) is 2. The first-order valence-electron chi connectivity index (χ1n) is 6.14. The summed E-state index contributed by atoms with van der Waals surface area (Å²) >= 11 is 7.41. The van der Waals surface area contributed by atoms with E-state index in [1.54, 1.807) is 13.2 Å². The zero-order chi connectivity index (χ0) is 14.9. The second-order valence-electron chi connectivity index (χ2n) is 4.66. The fourth-order valence-electron chi connectivity index (χ4n) is 1.93. The van der Waals surface area contributed by atoms with Crippen LogP contribution in [0.1, 0.15) is 23.4 Å². The van der Waals surface area contributed by atoms with E-state index in [1.807, 2.05) is 19.1 Å². The van der Waals surface area contributed by atoms with Gasteiger partial charge in [-0.2, -0.15) is 0 Å². The summed E-state index contributed by atoms with van der Waals surface area (Å²) < 4.78 is 3.26. The van der Waals surface area contributed by atoms with Gasteiger partial charge in [0, 0.05) is 43.3 Å². The van der Waals surface area contributed by atoms with Crippen molar-refractivity contribution in [3.05, 3.63) is 53.9 Å². The quantitative estimate of drug-likeness (QED) is 0.934. The molecule has 0 bridgehead atoms. The lowest BCUT2D eigenvalue weighted by Gasteiger charge is -2.13. The average molecular weight is 314 g/mol. The number of halogens is 1. The van der Waals surface area contributed by atoms with E-state index in [-0.39, 0.29) is 17.3 Å². The van der Waals surface area contributed by atoms with Gasteiger partial charge >= 0.3 is 5.69 Å². The summed E-state index contributed by atoms with van der Waals surface area (Å²) in [6, 6.07) is 3.91. The summed E-state index contributed by atoms with van der Waals surface area (Å²) in [6.45, 7) is 2.41. The molecule has 1 unspecified atom stereocenters. The van der Waals surface area contributed by atoms with Crippen LogP contribution in [-0.2, 0) is 20.6 Å². The third-order valence-electron chi connectivity index (χ3n) is 3.14. The van der Waals surface area contributed by atoms with E-state index in [4.69, 9.17) is 11.6 Å². The van der Waals surface area contributed by atoms with Crippen molar-refractivity contribution in [3.8, 4) is 0 Å². The van der Waals surface area contributed by atoms with E-state index in [0.29, 0.717) is 12.1 Å². The Morgan fingerprint density at radius 1 is 1.35 bits per heavy atom. The topological polar surface area (TPSA) is 56.0 Å². The number of rotatable bonds is 4. The van der Waals surface area contributed by atoms with Crippen LogP contribution in [0.2, 0.25) is 4.34 Å². The first kappa shape index (κ1) is 15.0. The molecule has 2 heterocycles. The summed E-state index contributed by atoms with van der Waals surface area (Å²) in [5.41, 5.74) is -0.0297. The van der Waals surface area contributed by atoms with Crippen LogP contribution in [0.5, 0.6) is 0 Å². The van der Waals surface area contributed by atoms with Crippen molar-refractivity contribution < 1.29 is 0 Å². The van der Waals surface area contributed by atoms with E-state index in [1.165, 1.54) is 23.0 Å². The SMILES string of the molecule is CC(NCc1cn(C)c(=O)n(C)c1=O)c1ccc(Cl)s1. The molecule has 0 aliphatic heterocycles.